The highest BCUT2D eigenvalue weighted by molar-refractivity contribution is 7.91. The van der Waals surface area contributed by atoms with Gasteiger partial charge in [0.1, 0.15) is 0 Å². The van der Waals surface area contributed by atoms with Gasteiger partial charge in [0.25, 0.3) is 0 Å². The summed E-state index contributed by atoms with van der Waals surface area (Å²) >= 11 is 0. The van der Waals surface area contributed by atoms with Crippen LogP contribution in [-0.2, 0) is 14.6 Å². The van der Waals surface area contributed by atoms with Crippen LogP contribution in [0.4, 0.5) is 0 Å². The number of hydrogen-bond donors (Lipinski definition) is 2. The summed E-state index contributed by atoms with van der Waals surface area (Å²) in [6.07, 6.45) is 5.37. The van der Waals surface area contributed by atoms with Gasteiger partial charge in [0.05, 0.1) is 10.6 Å². The van der Waals surface area contributed by atoms with Crippen molar-refractivity contribution in [3.8, 4) is 0 Å². The third-order valence-corrected chi connectivity index (χ3v) is 7.29. The number of methoxy groups -OCH3 is 1. The smallest absolute Gasteiger partial charge is 0.191 e. The van der Waals surface area contributed by atoms with E-state index in [-0.39, 0.29) is 17.2 Å². The summed E-state index contributed by atoms with van der Waals surface area (Å²) in [5, 5.41) is 6.68. The Labute approximate surface area is 163 Å². The molecule has 1 aromatic rings. The maximum atomic E-state index is 12.6. The Morgan fingerprint density at radius 3 is 2.52 bits per heavy atom. The van der Waals surface area contributed by atoms with Gasteiger partial charge < -0.3 is 15.4 Å². The van der Waals surface area contributed by atoms with Gasteiger partial charge in [0.2, 0.25) is 0 Å². The van der Waals surface area contributed by atoms with Crippen LogP contribution < -0.4 is 10.6 Å². The first-order valence-electron chi connectivity index (χ1n) is 9.68. The Morgan fingerprint density at radius 2 is 2.00 bits per heavy atom. The predicted molar refractivity (Wildman–Crippen MR) is 110 cm³/mol. The van der Waals surface area contributed by atoms with E-state index in [1.54, 1.807) is 38.4 Å². The minimum atomic E-state index is -3.34. The van der Waals surface area contributed by atoms with Crippen LogP contribution in [0.1, 0.15) is 39.0 Å². The number of ether oxygens (including phenoxy) is 1. The van der Waals surface area contributed by atoms with E-state index in [1.165, 1.54) is 19.3 Å². The monoisotopic (exact) mass is 395 g/mol. The predicted octanol–water partition coefficient (Wildman–Crippen LogP) is 2.61. The van der Waals surface area contributed by atoms with Crippen LogP contribution in [-0.4, -0.2) is 53.5 Å². The van der Waals surface area contributed by atoms with Crippen molar-refractivity contribution >= 4 is 15.8 Å². The van der Waals surface area contributed by atoms with Gasteiger partial charge in [-0.2, -0.15) is 0 Å². The first-order chi connectivity index (χ1) is 12.9. The van der Waals surface area contributed by atoms with Crippen LogP contribution in [0.3, 0.4) is 0 Å². The van der Waals surface area contributed by atoms with Crippen LogP contribution in [0.15, 0.2) is 40.2 Å². The first-order valence-corrected chi connectivity index (χ1v) is 11.3. The normalized spacial score (nSPS) is 17.8. The van der Waals surface area contributed by atoms with Crippen LogP contribution >= 0.6 is 0 Å². The van der Waals surface area contributed by atoms with Crippen LogP contribution in [0, 0.1) is 5.41 Å². The topological polar surface area (TPSA) is 79.8 Å². The van der Waals surface area contributed by atoms with Crippen LogP contribution in [0.25, 0.3) is 0 Å². The molecule has 0 heterocycles. The molecule has 2 rings (SSSR count). The minimum Gasteiger partial charge on any atom is -0.385 e. The second-order valence-electron chi connectivity index (χ2n) is 7.37. The van der Waals surface area contributed by atoms with Gasteiger partial charge in [-0.3, -0.25) is 4.99 Å². The summed E-state index contributed by atoms with van der Waals surface area (Å²) in [5.41, 5.74) is 0.269. The van der Waals surface area contributed by atoms with Gasteiger partial charge in [-0.05, 0) is 43.2 Å². The van der Waals surface area contributed by atoms with Gasteiger partial charge >= 0.3 is 0 Å². The Morgan fingerprint density at radius 1 is 1.30 bits per heavy atom. The number of guanidine groups is 1. The molecule has 152 valence electrons. The molecule has 6 nitrogen and oxygen atoms in total. The summed E-state index contributed by atoms with van der Waals surface area (Å²) in [7, 11) is 0.118. The molecule has 1 aromatic carbocycles. The Balaban J connectivity index is 1.93. The van der Waals surface area contributed by atoms with Crippen molar-refractivity contribution in [2.75, 3.05) is 33.1 Å². The minimum absolute atomic E-state index is 0.0447. The van der Waals surface area contributed by atoms with Gasteiger partial charge in [-0.1, -0.05) is 31.5 Å². The molecule has 7 heteroatoms. The molecule has 0 spiro atoms. The number of benzene rings is 1. The summed E-state index contributed by atoms with van der Waals surface area (Å²) in [5.74, 6) is 0.706. The van der Waals surface area contributed by atoms with E-state index in [2.05, 4.69) is 15.6 Å². The maximum absolute atomic E-state index is 12.6. The fraction of sp³-hybridized carbons (Fsp3) is 0.650. The molecule has 0 radical (unpaired) electrons. The number of hydrogen-bond acceptors (Lipinski definition) is 4. The van der Waals surface area contributed by atoms with Crippen LogP contribution in [0.5, 0.6) is 0 Å². The average molecular weight is 396 g/mol. The van der Waals surface area contributed by atoms with Crippen molar-refractivity contribution in [3.05, 3.63) is 30.3 Å². The van der Waals surface area contributed by atoms with E-state index in [9.17, 15) is 8.42 Å². The Bertz CT molecular complexity index is 700. The molecule has 2 N–H and O–H groups in total. The molecule has 1 aliphatic rings. The quantitative estimate of drug-likeness (QED) is 0.470. The Hall–Kier alpha value is -1.60. The fourth-order valence-electron chi connectivity index (χ4n) is 3.42. The van der Waals surface area contributed by atoms with Crippen molar-refractivity contribution in [3.63, 3.8) is 0 Å². The molecule has 0 amide bonds. The molecule has 1 aliphatic carbocycles. The van der Waals surface area contributed by atoms with E-state index in [0.717, 1.165) is 19.6 Å². The summed E-state index contributed by atoms with van der Waals surface area (Å²) < 4.78 is 30.5. The van der Waals surface area contributed by atoms with Gasteiger partial charge in [0, 0.05) is 33.4 Å². The lowest BCUT2D eigenvalue weighted by molar-refractivity contribution is 0.0732. The zero-order valence-electron chi connectivity index (χ0n) is 16.7. The average Bonchev–Trinajstić information content (AvgIpc) is 2.65. The zero-order valence-corrected chi connectivity index (χ0v) is 17.5. The van der Waals surface area contributed by atoms with Gasteiger partial charge in [-0.15, -0.1) is 0 Å². The molecule has 0 bridgehead atoms. The Kier molecular flexibility index (Phi) is 8.10. The van der Waals surface area contributed by atoms with E-state index in [0.29, 0.717) is 17.3 Å². The molecule has 1 saturated carbocycles. The van der Waals surface area contributed by atoms with E-state index < -0.39 is 9.84 Å². The molecule has 0 aliphatic heterocycles. The number of aliphatic imine (C=N–C) groups is 1. The molecule has 1 unspecified atom stereocenters. The van der Waals surface area contributed by atoms with Crippen molar-refractivity contribution in [1.29, 1.82) is 0 Å². The second kappa shape index (κ2) is 10.1. The molecular formula is C20H33N3O3S. The van der Waals surface area contributed by atoms with Gasteiger partial charge in [-0.25, -0.2) is 8.42 Å². The summed E-state index contributed by atoms with van der Waals surface area (Å²) in [6.45, 7) is 3.58. The number of sulfone groups is 1. The van der Waals surface area contributed by atoms with Crippen molar-refractivity contribution in [2.45, 2.75) is 50.0 Å². The van der Waals surface area contributed by atoms with E-state index in [4.69, 9.17) is 4.74 Å². The molecule has 0 aromatic heterocycles. The highest BCUT2D eigenvalue weighted by Crippen LogP contribution is 2.43. The third-order valence-electron chi connectivity index (χ3n) is 5.46. The first kappa shape index (κ1) is 21.7. The van der Waals surface area contributed by atoms with Crippen molar-refractivity contribution in [2.24, 2.45) is 10.4 Å². The fourth-order valence-corrected chi connectivity index (χ4v) is 5.03. The summed E-state index contributed by atoms with van der Waals surface area (Å²) in [4.78, 5) is 4.65. The highest BCUT2D eigenvalue weighted by atomic mass is 32.2. The number of nitrogens with one attached hydrogen (secondary N) is 2. The molecular weight excluding hydrogens is 362 g/mol. The second-order valence-corrected chi connectivity index (χ2v) is 9.40. The number of nitrogens with zero attached hydrogens (tertiary/aromatic N) is 1. The van der Waals surface area contributed by atoms with E-state index >= 15 is 0 Å². The van der Waals surface area contributed by atoms with Crippen LogP contribution in [0.2, 0.25) is 0 Å². The molecule has 27 heavy (non-hydrogen) atoms. The largest absolute Gasteiger partial charge is 0.385 e. The van der Waals surface area contributed by atoms with Crippen molar-refractivity contribution < 1.29 is 13.2 Å². The molecule has 0 saturated heterocycles. The SMILES string of the molecule is CCC(CS(=O)(=O)c1ccccc1)NC(=NC)NCC1(CCOC)CCC1. The molecule has 1 fully saturated rings. The lowest BCUT2D eigenvalue weighted by atomic mass is 9.67. The molecule has 1 atom stereocenters. The maximum Gasteiger partial charge on any atom is 0.191 e. The number of rotatable bonds is 10. The summed E-state index contributed by atoms with van der Waals surface area (Å²) in [6, 6.07) is 8.41. The lowest BCUT2D eigenvalue weighted by Crippen LogP contribution is -2.50. The highest BCUT2D eigenvalue weighted by Gasteiger charge is 2.36. The lowest BCUT2D eigenvalue weighted by Gasteiger charge is -2.42. The van der Waals surface area contributed by atoms with Gasteiger partial charge in [0.15, 0.2) is 15.8 Å². The van der Waals surface area contributed by atoms with Crippen molar-refractivity contribution in [1.82, 2.24) is 10.6 Å². The van der Waals surface area contributed by atoms with E-state index in [1.807, 2.05) is 13.0 Å². The standard InChI is InChI=1S/C20H33N3O3S/c1-4-17(15-27(24,25)18-9-6-5-7-10-18)23-19(21-2)22-16-20(11-8-12-20)13-14-26-3/h5-7,9-10,17H,4,8,11-16H2,1-3H3,(H2,21,22,23). The third kappa shape index (κ3) is 6.21. The zero-order chi connectivity index (χ0) is 19.8.